The van der Waals surface area contributed by atoms with Gasteiger partial charge in [-0.05, 0) is 60.2 Å². The Labute approximate surface area is 222 Å². The number of nitrogens with zero attached hydrogens (tertiary/aromatic N) is 4. The Bertz CT molecular complexity index is 1770. The summed E-state index contributed by atoms with van der Waals surface area (Å²) in [7, 11) is -3.90. The van der Waals surface area contributed by atoms with E-state index >= 15 is 0 Å². The van der Waals surface area contributed by atoms with Gasteiger partial charge in [0.15, 0.2) is 0 Å². The highest BCUT2D eigenvalue weighted by Crippen LogP contribution is 2.34. The zero-order valence-electron chi connectivity index (χ0n) is 20.6. The van der Waals surface area contributed by atoms with Gasteiger partial charge in [0.05, 0.1) is 16.5 Å². The summed E-state index contributed by atoms with van der Waals surface area (Å²) in [5, 5.41) is 24.2. The van der Waals surface area contributed by atoms with E-state index in [1.54, 1.807) is 19.1 Å². The molecule has 13 nitrogen and oxygen atoms in total. The molecule has 0 fully saturated rings. The molecule has 0 saturated heterocycles. The van der Waals surface area contributed by atoms with E-state index in [0.717, 1.165) is 11.1 Å². The van der Waals surface area contributed by atoms with E-state index in [1.807, 2.05) is 0 Å². The first-order valence-electron chi connectivity index (χ1n) is 11.8. The second-order valence-electron chi connectivity index (χ2n) is 9.05. The number of sulfonamides is 1. The number of carbonyl (C=O) groups is 3. The largest absolute Gasteiger partial charge is 0.478 e. The van der Waals surface area contributed by atoms with Gasteiger partial charge >= 0.3 is 5.97 Å². The van der Waals surface area contributed by atoms with Crippen LogP contribution in [0.4, 0.5) is 0 Å². The maximum Gasteiger partial charge on any atom is 0.335 e. The maximum absolute atomic E-state index is 13.3. The van der Waals surface area contributed by atoms with Gasteiger partial charge in [-0.2, -0.15) is 14.6 Å². The number of carboxylic acid groups (broad SMARTS) is 1. The van der Waals surface area contributed by atoms with Crippen molar-refractivity contribution < 1.29 is 27.9 Å². The Balaban J connectivity index is 1.37. The van der Waals surface area contributed by atoms with Crippen LogP contribution in [0, 0.1) is 6.92 Å². The zero-order valence-corrected chi connectivity index (χ0v) is 21.4. The number of benzene rings is 2. The Kier molecular flexibility index (Phi) is 6.57. The summed E-state index contributed by atoms with van der Waals surface area (Å²) in [6, 6.07) is 10.0. The van der Waals surface area contributed by atoms with E-state index in [2.05, 4.69) is 25.7 Å². The molecular weight excluding hydrogens is 526 g/mol. The van der Waals surface area contributed by atoms with Crippen LogP contribution in [0.1, 0.15) is 66.1 Å². The number of primary sulfonamides is 1. The van der Waals surface area contributed by atoms with E-state index in [9.17, 15) is 27.9 Å². The van der Waals surface area contributed by atoms with Crippen molar-refractivity contribution in [2.45, 2.75) is 37.2 Å². The van der Waals surface area contributed by atoms with Gasteiger partial charge in [0.1, 0.15) is 17.7 Å². The molecule has 1 aliphatic carbocycles. The summed E-state index contributed by atoms with van der Waals surface area (Å²) >= 11 is 0. The molecule has 0 bridgehead atoms. The molecule has 2 amide bonds. The molecular formula is C25H23N7O6S. The first-order valence-corrected chi connectivity index (χ1v) is 13.3. The predicted octanol–water partition coefficient (Wildman–Crippen LogP) is 1.13. The SMILES string of the molecule is Cc1c(C(=O)O)ccc2c1CC[C@@H]2NC(=O)c1cc(C(=O)NCc2cccc(S(N)(=O)=O)c2)nc2ncnn12. The van der Waals surface area contributed by atoms with E-state index in [0.29, 0.717) is 24.0 Å². The van der Waals surface area contributed by atoms with E-state index < -0.39 is 27.8 Å². The number of aromatic nitrogens is 4. The first-order chi connectivity index (χ1) is 18.5. The third kappa shape index (κ3) is 5.06. The van der Waals surface area contributed by atoms with Gasteiger partial charge in [-0.1, -0.05) is 18.2 Å². The molecule has 2 aromatic heterocycles. The fourth-order valence-corrected chi connectivity index (χ4v) is 5.27. The van der Waals surface area contributed by atoms with Crippen molar-refractivity contribution in [3.63, 3.8) is 0 Å². The van der Waals surface area contributed by atoms with Gasteiger partial charge in [-0.25, -0.2) is 23.3 Å². The summed E-state index contributed by atoms with van der Waals surface area (Å²) in [4.78, 5) is 45.9. The average molecular weight is 550 g/mol. The molecule has 5 N–H and O–H groups in total. The molecule has 14 heteroatoms. The summed E-state index contributed by atoms with van der Waals surface area (Å²) < 4.78 is 24.4. The molecule has 200 valence electrons. The minimum Gasteiger partial charge on any atom is -0.478 e. The minimum atomic E-state index is -3.90. The number of nitrogens with two attached hydrogens (primary N) is 1. The molecule has 1 aliphatic rings. The summed E-state index contributed by atoms with van der Waals surface area (Å²) in [6.45, 7) is 1.74. The van der Waals surface area contributed by atoms with Crippen molar-refractivity contribution in [2.75, 3.05) is 0 Å². The van der Waals surface area contributed by atoms with Crippen LogP contribution in [0.15, 0.2) is 53.7 Å². The fraction of sp³-hybridized carbons (Fsp3) is 0.200. The van der Waals surface area contributed by atoms with Crippen molar-refractivity contribution in [1.29, 1.82) is 0 Å². The normalized spacial score (nSPS) is 14.7. The number of amides is 2. The summed E-state index contributed by atoms with van der Waals surface area (Å²) in [6.07, 6.45) is 2.41. The molecule has 0 unspecified atom stereocenters. The van der Waals surface area contributed by atoms with Crippen LogP contribution in [0.2, 0.25) is 0 Å². The standard InChI is InChI=1S/C25H23N7O6S/c1-13-16-7-8-19(18(16)6-5-17(13)24(35)36)30-23(34)21-10-20(31-25-28-12-29-32(21)25)22(33)27-11-14-3-2-4-15(9-14)39(26,37)38/h2-6,9-10,12,19H,7-8,11H2,1H3,(H,27,33)(H,30,34)(H,35,36)(H2,26,37,38)/t19-/m0/s1. The zero-order chi connectivity index (χ0) is 27.9. The number of carboxylic acids is 1. The van der Waals surface area contributed by atoms with Crippen LogP contribution in [-0.4, -0.2) is 50.9 Å². The predicted molar refractivity (Wildman–Crippen MR) is 136 cm³/mol. The van der Waals surface area contributed by atoms with Crippen LogP contribution in [0.25, 0.3) is 5.78 Å². The molecule has 0 radical (unpaired) electrons. The lowest BCUT2D eigenvalue weighted by atomic mass is 9.98. The lowest BCUT2D eigenvalue weighted by Gasteiger charge is -2.16. The number of fused-ring (bicyclic) bond motifs is 2. The summed E-state index contributed by atoms with van der Waals surface area (Å²) in [5.41, 5.74) is 3.08. The molecule has 2 heterocycles. The van der Waals surface area contributed by atoms with E-state index in [1.165, 1.54) is 41.2 Å². The van der Waals surface area contributed by atoms with Gasteiger partial charge in [0.2, 0.25) is 10.0 Å². The molecule has 0 spiro atoms. The maximum atomic E-state index is 13.3. The quantitative estimate of drug-likeness (QED) is 0.261. The highest BCUT2D eigenvalue weighted by molar-refractivity contribution is 7.89. The molecule has 0 saturated carbocycles. The van der Waals surface area contributed by atoms with Crippen molar-refractivity contribution in [1.82, 2.24) is 30.2 Å². The van der Waals surface area contributed by atoms with Crippen molar-refractivity contribution in [2.24, 2.45) is 5.14 Å². The van der Waals surface area contributed by atoms with Crippen LogP contribution < -0.4 is 15.8 Å². The van der Waals surface area contributed by atoms with Gasteiger partial charge in [-0.15, -0.1) is 0 Å². The van der Waals surface area contributed by atoms with Gasteiger partial charge in [-0.3, -0.25) is 9.59 Å². The second kappa shape index (κ2) is 9.89. The van der Waals surface area contributed by atoms with Crippen LogP contribution >= 0.6 is 0 Å². The van der Waals surface area contributed by atoms with Crippen molar-refractivity contribution in [3.05, 3.63) is 88.0 Å². The van der Waals surface area contributed by atoms with Crippen LogP contribution in [-0.2, 0) is 23.0 Å². The number of hydrogen-bond donors (Lipinski definition) is 4. The highest BCUT2D eigenvalue weighted by atomic mass is 32.2. The first kappa shape index (κ1) is 25.9. The number of hydrogen-bond acceptors (Lipinski definition) is 8. The Hall–Kier alpha value is -4.69. The van der Waals surface area contributed by atoms with Crippen LogP contribution in [0.3, 0.4) is 0 Å². The third-order valence-corrected chi connectivity index (χ3v) is 7.54. The Morgan fingerprint density at radius 2 is 1.95 bits per heavy atom. The van der Waals surface area contributed by atoms with E-state index in [4.69, 9.17) is 5.14 Å². The number of rotatable bonds is 7. The number of aromatic carboxylic acids is 1. The number of carbonyl (C=O) groups excluding carboxylic acids is 2. The van der Waals surface area contributed by atoms with Gasteiger partial charge < -0.3 is 15.7 Å². The third-order valence-electron chi connectivity index (χ3n) is 6.63. The molecule has 1 atom stereocenters. The van der Waals surface area contributed by atoms with Crippen LogP contribution in [0.5, 0.6) is 0 Å². The Morgan fingerprint density at radius 3 is 2.69 bits per heavy atom. The van der Waals surface area contributed by atoms with Crippen molar-refractivity contribution >= 4 is 33.6 Å². The fourth-order valence-electron chi connectivity index (χ4n) is 4.69. The lowest BCUT2D eigenvalue weighted by molar-refractivity contribution is 0.0695. The monoisotopic (exact) mass is 549 g/mol. The molecule has 39 heavy (non-hydrogen) atoms. The highest BCUT2D eigenvalue weighted by Gasteiger charge is 2.29. The second-order valence-corrected chi connectivity index (χ2v) is 10.6. The molecule has 4 aromatic rings. The topological polar surface area (TPSA) is 199 Å². The lowest BCUT2D eigenvalue weighted by Crippen LogP contribution is -2.30. The van der Waals surface area contributed by atoms with E-state index in [-0.39, 0.29) is 40.2 Å². The smallest absolute Gasteiger partial charge is 0.335 e. The van der Waals surface area contributed by atoms with Gasteiger partial charge in [0.25, 0.3) is 17.6 Å². The molecule has 5 rings (SSSR count). The van der Waals surface area contributed by atoms with Gasteiger partial charge in [0, 0.05) is 12.6 Å². The molecule has 0 aliphatic heterocycles. The minimum absolute atomic E-state index is 0.0141. The Morgan fingerprint density at radius 1 is 1.15 bits per heavy atom. The van der Waals surface area contributed by atoms with Crippen molar-refractivity contribution in [3.8, 4) is 0 Å². The average Bonchev–Trinajstić information content (AvgIpc) is 3.54. The molecule has 2 aromatic carbocycles. The summed E-state index contributed by atoms with van der Waals surface area (Å²) in [5.74, 6) is -2.09. The number of nitrogens with one attached hydrogen (secondary N) is 2.